The third kappa shape index (κ3) is 51.0. The van der Waals surface area contributed by atoms with Crippen LogP contribution in [-0.4, -0.2) is 85.0 Å². The Hall–Kier alpha value is -5.27. The number of benzene rings is 2. The highest BCUT2D eigenvalue weighted by Crippen LogP contribution is 2.58. The van der Waals surface area contributed by atoms with Crippen molar-refractivity contribution in [1.82, 2.24) is 0 Å². The first-order valence-corrected chi connectivity index (χ1v) is 56.6. The van der Waals surface area contributed by atoms with Crippen LogP contribution in [0.1, 0.15) is 554 Å². The molecule has 0 spiro atoms. The molecule has 0 aromatic heterocycles. The van der Waals surface area contributed by atoms with Crippen LogP contribution in [0.15, 0.2) is 48.5 Å². The first-order valence-electron chi connectivity index (χ1n) is 56.6. The van der Waals surface area contributed by atoms with Crippen molar-refractivity contribution >= 4 is 41.8 Å². The van der Waals surface area contributed by atoms with Crippen LogP contribution >= 0.6 is 0 Å². The smallest absolute Gasteiger partial charge is 0.312 e. The number of hydrogen-bond acceptors (Lipinski definition) is 14. The zero-order valence-corrected chi connectivity index (χ0v) is 102. The standard InChI is InChI=1S/C16H26O2.C16H30O2.C15H30O2.C14H28O2.2C13H20.C12H24O2.C10H20O2.C9H18O2.C9H16/c1-4-15(2,3)14(17)18-16-8-11-5-12(9-16)7-13(6-11)10-16;1-7-16(5,6)14(17)18-13-10-8-12(9-11-13)15(2,3)4;1-10-15(8,9)12(16)17-11(13(2,3)4)14(5,6)7;1-8-14(6,7)12(15)16-10-11(2)9-13(3,4)5;2*1-5-11(4)13-8-6-12(7-9-13)10(2)3;1-8-12(6,7)10(13)14-9(2)11(3,4)5;1-6-10(4,5)9(11)12-7-8(2)3;1-6-9(4,5)8(10)11-7(2)3;1-6-7(2)9-4-3-8(6)5-9/h11-13H,4-10H2,1-3H3;12-13H,7-11H2,1-6H3;11H,10H2,1-9H3;11H,8-10H2,1-7H3;2*6-11H,5H2,1-4H3;9H,8H2,1-7H3;8H,6-7H2,1-5H3;7H,6H2,1-5H3;6-9H,3-5H2,1-2H3. The van der Waals surface area contributed by atoms with Crippen LogP contribution in [0.3, 0.4) is 0 Å². The summed E-state index contributed by atoms with van der Waals surface area (Å²) in [4.78, 5) is 82.7. The molecule has 0 heterocycles. The molecule has 14 heteroatoms. The molecule has 2 aromatic carbocycles. The highest BCUT2D eigenvalue weighted by molar-refractivity contribution is 5.79. The van der Waals surface area contributed by atoms with Gasteiger partial charge in [-0.25, -0.2) is 0 Å². The van der Waals surface area contributed by atoms with E-state index < -0.39 is 5.41 Å². The molecular formula is C127H232O14. The van der Waals surface area contributed by atoms with Gasteiger partial charge in [0, 0.05) is 0 Å². The second-order valence-electron chi connectivity index (χ2n) is 55.6. The summed E-state index contributed by atoms with van der Waals surface area (Å²) in [5.41, 5.74) is 3.94. The molecule has 8 unspecified atom stereocenters. The minimum atomic E-state index is -0.394. The van der Waals surface area contributed by atoms with Crippen molar-refractivity contribution in [2.75, 3.05) is 13.2 Å². The number of rotatable bonds is 30. The van der Waals surface area contributed by atoms with Crippen molar-refractivity contribution in [2.45, 2.75) is 561 Å². The minimum Gasteiger partial charge on any atom is -0.465 e. The molecule has 14 nitrogen and oxygen atoms in total. The summed E-state index contributed by atoms with van der Waals surface area (Å²) in [7, 11) is 0. The van der Waals surface area contributed by atoms with Crippen LogP contribution in [-0.2, 0) is 66.7 Å². The van der Waals surface area contributed by atoms with E-state index in [9.17, 15) is 33.6 Å². The maximum atomic E-state index is 12.4. The van der Waals surface area contributed by atoms with Crippen molar-refractivity contribution < 1.29 is 66.7 Å². The maximum Gasteiger partial charge on any atom is 0.312 e. The lowest BCUT2D eigenvalue weighted by Gasteiger charge is -2.56. The number of ether oxygens (including phenoxy) is 7. The number of carbonyl (C=O) groups is 7. The van der Waals surface area contributed by atoms with Crippen LogP contribution in [0.2, 0.25) is 0 Å². The van der Waals surface area contributed by atoms with E-state index in [4.69, 9.17) is 33.2 Å². The van der Waals surface area contributed by atoms with Gasteiger partial charge in [-0.2, -0.15) is 0 Å². The molecule has 2 aromatic rings. The molecule has 0 radical (unpaired) electrons. The predicted molar refractivity (Wildman–Crippen MR) is 599 cm³/mol. The fourth-order valence-corrected chi connectivity index (χ4v) is 18.4. The summed E-state index contributed by atoms with van der Waals surface area (Å²) in [5.74, 6) is 10.7. The van der Waals surface area contributed by atoms with Crippen LogP contribution < -0.4 is 0 Å². The fourth-order valence-electron chi connectivity index (χ4n) is 18.4. The Bertz CT molecular complexity index is 3720. The van der Waals surface area contributed by atoms with Crippen molar-refractivity contribution in [3.63, 3.8) is 0 Å². The van der Waals surface area contributed by atoms with Gasteiger partial charge in [0.05, 0.1) is 57.2 Å². The van der Waals surface area contributed by atoms with Gasteiger partial charge in [-0.1, -0.05) is 291 Å². The molecule has 0 N–H and O–H groups in total. The highest BCUT2D eigenvalue weighted by Gasteiger charge is 2.54. The summed E-state index contributed by atoms with van der Waals surface area (Å²) in [6, 6.07) is 18.1. The van der Waals surface area contributed by atoms with Gasteiger partial charge in [0.25, 0.3) is 0 Å². The van der Waals surface area contributed by atoms with Crippen molar-refractivity contribution in [2.24, 2.45) is 124 Å². The Morgan fingerprint density at radius 2 is 0.638 bits per heavy atom. The van der Waals surface area contributed by atoms with E-state index in [2.05, 4.69) is 235 Å². The topological polar surface area (TPSA) is 184 Å². The molecule has 141 heavy (non-hydrogen) atoms. The largest absolute Gasteiger partial charge is 0.465 e. The third-order valence-electron chi connectivity index (χ3n) is 32.6. The van der Waals surface area contributed by atoms with Crippen LogP contribution in [0.25, 0.3) is 0 Å². The molecular weight excluding hydrogens is 1750 g/mol. The van der Waals surface area contributed by atoms with Gasteiger partial charge in [-0.05, 0) is 398 Å². The maximum absolute atomic E-state index is 12.4. The molecule has 0 saturated heterocycles. The third-order valence-corrected chi connectivity index (χ3v) is 32.6. The molecule has 7 fully saturated rings. The van der Waals surface area contributed by atoms with Crippen molar-refractivity contribution in [1.29, 1.82) is 0 Å². The zero-order chi connectivity index (χ0) is 111. The summed E-state index contributed by atoms with van der Waals surface area (Å²) < 4.78 is 38.5. The highest BCUT2D eigenvalue weighted by atomic mass is 16.6. The average molecular weight is 1980 g/mol. The molecule has 8 atom stereocenters. The van der Waals surface area contributed by atoms with Gasteiger partial charge < -0.3 is 33.2 Å². The van der Waals surface area contributed by atoms with Gasteiger partial charge in [0.2, 0.25) is 0 Å². The second kappa shape index (κ2) is 60.4. The Morgan fingerprint density at radius 3 is 0.908 bits per heavy atom. The van der Waals surface area contributed by atoms with Crippen LogP contribution in [0, 0.1) is 124 Å². The molecule has 7 saturated carbocycles. The fraction of sp³-hybridized carbons (Fsp3) is 0.850. The quantitative estimate of drug-likeness (QED) is 0.0531. The zero-order valence-electron chi connectivity index (χ0n) is 102. The van der Waals surface area contributed by atoms with E-state index in [1.165, 1.54) is 80.0 Å². The molecule has 7 aliphatic rings. The van der Waals surface area contributed by atoms with E-state index >= 15 is 0 Å². The molecule has 0 amide bonds. The van der Waals surface area contributed by atoms with Gasteiger partial charge in [-0.3, -0.25) is 33.6 Å². The van der Waals surface area contributed by atoms with E-state index in [1.807, 2.05) is 173 Å². The molecule has 9 rings (SSSR count). The predicted octanol–water partition coefficient (Wildman–Crippen LogP) is 36.7. The SMILES string of the molecule is CC1C2CCC(C2)C1C.CCC(C)(C)C(=O)OC(C(C)(C)C)C(C)(C)C.CCC(C)(C)C(=O)OC(C)C.CCC(C)(C)C(=O)OC(C)C(C)(C)C.CCC(C)(C)C(=O)OC12CC3CC(CC(C3)C1)C2.CCC(C)(C)C(=O)OC1CCC(C(C)(C)C)CC1.CCC(C)(C)C(=O)OCC(C)C.CCC(C)(C)C(=O)OCC(C)CC(C)(C)C.CCC(C)c1ccc(C(C)C)cc1.CCC(C)c1ccc(C(C)C)cc1. The Balaban J connectivity index is 0. The summed E-state index contributed by atoms with van der Waals surface area (Å²) in [5, 5.41) is 0. The normalized spacial score (nSPS) is 21.5. The van der Waals surface area contributed by atoms with E-state index in [0.717, 1.165) is 131 Å². The lowest BCUT2D eigenvalue weighted by Crippen LogP contribution is -2.53. The summed E-state index contributed by atoms with van der Waals surface area (Å²) >= 11 is 0. The van der Waals surface area contributed by atoms with Gasteiger partial charge in [0.1, 0.15) is 23.9 Å². The summed E-state index contributed by atoms with van der Waals surface area (Å²) in [6.45, 7) is 110. The van der Waals surface area contributed by atoms with Crippen LogP contribution in [0.4, 0.5) is 0 Å². The average Bonchev–Trinajstić information content (AvgIpc) is 1.33. The Kier molecular flexibility index (Phi) is 59.0. The lowest BCUT2D eigenvalue weighted by molar-refractivity contribution is -0.196. The second-order valence-corrected chi connectivity index (χ2v) is 55.6. The first-order chi connectivity index (χ1) is 64.0. The van der Waals surface area contributed by atoms with E-state index in [-0.39, 0.29) is 121 Å². The van der Waals surface area contributed by atoms with Crippen molar-refractivity contribution in [3.05, 3.63) is 70.8 Å². The van der Waals surface area contributed by atoms with Crippen molar-refractivity contribution in [3.8, 4) is 0 Å². The van der Waals surface area contributed by atoms with Gasteiger partial charge in [0.15, 0.2) is 0 Å². The van der Waals surface area contributed by atoms with Crippen LogP contribution in [0.5, 0.6) is 0 Å². The molecule has 7 aliphatic carbocycles. The first kappa shape index (κ1) is 138. The molecule has 6 bridgehead atoms. The molecule has 0 aliphatic heterocycles. The Labute approximate surface area is 872 Å². The molecule has 824 valence electrons. The van der Waals surface area contributed by atoms with E-state index in [0.29, 0.717) is 59.6 Å². The Morgan fingerprint density at radius 1 is 0.340 bits per heavy atom. The van der Waals surface area contributed by atoms with Gasteiger partial charge in [-0.15, -0.1) is 0 Å². The lowest BCUT2D eigenvalue weighted by atomic mass is 9.54. The minimum absolute atomic E-state index is 0.00618. The van der Waals surface area contributed by atoms with Gasteiger partial charge >= 0.3 is 41.8 Å². The number of fused-ring (bicyclic) bond motifs is 2. The number of esters is 7. The number of carbonyl (C=O) groups excluding carboxylic acids is 7. The monoisotopic (exact) mass is 1980 g/mol. The van der Waals surface area contributed by atoms with E-state index in [1.54, 1.807) is 6.42 Å². The number of hydrogen-bond donors (Lipinski definition) is 0. The summed E-state index contributed by atoms with van der Waals surface area (Å²) in [6.07, 6.45) is 26.0.